The number of amides is 2. The molecule has 2 aromatic carbocycles. The zero-order valence-corrected chi connectivity index (χ0v) is 17.2. The second-order valence-corrected chi connectivity index (χ2v) is 7.75. The number of anilines is 2. The quantitative estimate of drug-likeness (QED) is 0.627. The maximum absolute atomic E-state index is 12.2. The predicted octanol–water partition coefficient (Wildman–Crippen LogP) is 4.91. The van der Waals surface area contributed by atoms with Crippen molar-refractivity contribution in [1.82, 2.24) is 4.90 Å². The summed E-state index contributed by atoms with van der Waals surface area (Å²) in [5.74, 6) is -0.0137. The highest BCUT2D eigenvalue weighted by atomic mass is 16.2. The van der Waals surface area contributed by atoms with E-state index < -0.39 is 0 Å². The van der Waals surface area contributed by atoms with Crippen LogP contribution in [-0.2, 0) is 9.59 Å². The van der Waals surface area contributed by atoms with Crippen molar-refractivity contribution in [3.8, 4) is 11.1 Å². The van der Waals surface area contributed by atoms with Crippen molar-refractivity contribution in [3.05, 3.63) is 48.5 Å². The maximum atomic E-state index is 12.2. The van der Waals surface area contributed by atoms with Crippen LogP contribution in [0, 0.1) is 0 Å². The molecule has 3 rings (SSSR count). The molecule has 2 amide bonds. The van der Waals surface area contributed by atoms with E-state index in [0.29, 0.717) is 6.42 Å². The number of nitrogens with zero attached hydrogens (tertiary/aromatic N) is 1. The van der Waals surface area contributed by atoms with E-state index in [-0.39, 0.29) is 11.8 Å². The van der Waals surface area contributed by atoms with Crippen molar-refractivity contribution in [2.45, 2.75) is 45.4 Å². The van der Waals surface area contributed by atoms with Crippen molar-refractivity contribution in [2.24, 2.45) is 0 Å². The maximum Gasteiger partial charge on any atom is 0.224 e. The Morgan fingerprint density at radius 2 is 1.62 bits per heavy atom. The summed E-state index contributed by atoms with van der Waals surface area (Å²) in [6.07, 6.45) is 6.56. The van der Waals surface area contributed by atoms with Crippen LogP contribution in [0.3, 0.4) is 0 Å². The Labute approximate surface area is 173 Å². The minimum absolute atomic E-state index is 0.0732. The second kappa shape index (κ2) is 10.8. The monoisotopic (exact) mass is 393 g/mol. The van der Waals surface area contributed by atoms with Gasteiger partial charge in [-0.2, -0.15) is 0 Å². The molecule has 0 atom stereocenters. The molecule has 2 N–H and O–H groups in total. The number of nitrogens with one attached hydrogen (secondary N) is 2. The van der Waals surface area contributed by atoms with E-state index in [4.69, 9.17) is 0 Å². The van der Waals surface area contributed by atoms with Crippen molar-refractivity contribution in [1.29, 1.82) is 0 Å². The molecule has 0 radical (unpaired) electrons. The highest BCUT2D eigenvalue weighted by Crippen LogP contribution is 2.24. The van der Waals surface area contributed by atoms with Gasteiger partial charge in [0, 0.05) is 24.7 Å². The van der Waals surface area contributed by atoms with Gasteiger partial charge >= 0.3 is 0 Å². The van der Waals surface area contributed by atoms with Crippen molar-refractivity contribution >= 4 is 23.2 Å². The Hall–Kier alpha value is -2.66. The molecule has 1 saturated heterocycles. The van der Waals surface area contributed by atoms with E-state index in [2.05, 4.69) is 15.5 Å². The molecule has 0 saturated carbocycles. The predicted molar refractivity (Wildman–Crippen MR) is 119 cm³/mol. The van der Waals surface area contributed by atoms with E-state index in [0.717, 1.165) is 41.9 Å². The Bertz CT molecular complexity index is 811. The van der Waals surface area contributed by atoms with Gasteiger partial charge < -0.3 is 15.5 Å². The standard InChI is InChI=1S/C24H31N3O2/c1-19(28)25-23-9-7-8-21(18-23)20-11-13-22(14-12-20)26-24(29)10-3-6-17-27-15-4-2-5-16-27/h7-9,11-14,18H,2-6,10,15-17H2,1H3,(H,25,28)(H,26,29). The summed E-state index contributed by atoms with van der Waals surface area (Å²) in [6.45, 7) is 5.04. The van der Waals surface area contributed by atoms with Crippen molar-refractivity contribution in [3.63, 3.8) is 0 Å². The van der Waals surface area contributed by atoms with Crippen LogP contribution in [0.5, 0.6) is 0 Å². The lowest BCUT2D eigenvalue weighted by molar-refractivity contribution is -0.116. The molecule has 1 aliphatic heterocycles. The first kappa shape index (κ1) is 21.1. The van der Waals surface area contributed by atoms with Crippen LogP contribution in [0.1, 0.15) is 45.4 Å². The molecule has 1 heterocycles. The number of likely N-dealkylation sites (tertiary alicyclic amines) is 1. The fourth-order valence-electron chi connectivity index (χ4n) is 3.75. The summed E-state index contributed by atoms with van der Waals surface area (Å²) in [4.78, 5) is 25.9. The first-order valence-corrected chi connectivity index (χ1v) is 10.6. The van der Waals surface area contributed by atoms with Crippen LogP contribution < -0.4 is 10.6 Å². The number of hydrogen-bond acceptors (Lipinski definition) is 3. The lowest BCUT2D eigenvalue weighted by atomic mass is 10.0. The molecule has 29 heavy (non-hydrogen) atoms. The number of hydrogen-bond donors (Lipinski definition) is 2. The zero-order valence-electron chi connectivity index (χ0n) is 17.2. The van der Waals surface area contributed by atoms with Gasteiger partial charge in [-0.25, -0.2) is 0 Å². The highest BCUT2D eigenvalue weighted by molar-refractivity contribution is 5.91. The number of unbranched alkanes of at least 4 members (excludes halogenated alkanes) is 1. The molecule has 0 aliphatic carbocycles. The van der Waals surface area contributed by atoms with E-state index in [9.17, 15) is 9.59 Å². The average molecular weight is 394 g/mol. The van der Waals surface area contributed by atoms with Crippen LogP contribution >= 0.6 is 0 Å². The molecule has 0 aromatic heterocycles. The molecule has 0 unspecified atom stereocenters. The third-order valence-corrected chi connectivity index (χ3v) is 5.26. The SMILES string of the molecule is CC(=O)Nc1cccc(-c2ccc(NC(=O)CCCCN3CCCCC3)cc2)c1. The van der Waals surface area contributed by atoms with Gasteiger partial charge in [-0.1, -0.05) is 30.7 Å². The fourth-order valence-corrected chi connectivity index (χ4v) is 3.75. The normalized spacial score (nSPS) is 14.4. The van der Waals surface area contributed by atoms with Gasteiger partial charge in [0.05, 0.1) is 0 Å². The second-order valence-electron chi connectivity index (χ2n) is 7.75. The smallest absolute Gasteiger partial charge is 0.224 e. The van der Waals surface area contributed by atoms with Crippen LogP contribution in [-0.4, -0.2) is 36.3 Å². The number of piperidine rings is 1. The zero-order chi connectivity index (χ0) is 20.5. The molecule has 5 nitrogen and oxygen atoms in total. The first-order chi connectivity index (χ1) is 14.1. The van der Waals surface area contributed by atoms with Crippen LogP contribution in [0.4, 0.5) is 11.4 Å². The summed E-state index contributed by atoms with van der Waals surface area (Å²) in [5.41, 5.74) is 3.65. The molecular weight excluding hydrogens is 362 g/mol. The van der Waals surface area contributed by atoms with E-state index in [1.807, 2.05) is 48.5 Å². The summed E-state index contributed by atoms with van der Waals surface area (Å²) in [5, 5.41) is 5.79. The minimum Gasteiger partial charge on any atom is -0.326 e. The summed E-state index contributed by atoms with van der Waals surface area (Å²) in [6, 6.07) is 15.5. The van der Waals surface area contributed by atoms with Gasteiger partial charge in [0.15, 0.2) is 0 Å². The third kappa shape index (κ3) is 7.02. The molecular formula is C24H31N3O2. The molecule has 1 aliphatic rings. The number of carbonyl (C=O) groups excluding carboxylic acids is 2. The van der Waals surface area contributed by atoms with Gasteiger partial charge in [0.25, 0.3) is 0 Å². The topological polar surface area (TPSA) is 61.4 Å². The van der Waals surface area contributed by atoms with Gasteiger partial charge in [0.2, 0.25) is 11.8 Å². The molecule has 154 valence electrons. The number of carbonyl (C=O) groups is 2. The Morgan fingerprint density at radius 1 is 0.862 bits per heavy atom. The van der Waals surface area contributed by atoms with Gasteiger partial charge in [-0.3, -0.25) is 9.59 Å². The van der Waals surface area contributed by atoms with Crippen molar-refractivity contribution in [2.75, 3.05) is 30.3 Å². The van der Waals surface area contributed by atoms with Gasteiger partial charge in [-0.05, 0) is 80.7 Å². The van der Waals surface area contributed by atoms with E-state index in [1.165, 1.54) is 39.3 Å². The summed E-state index contributed by atoms with van der Waals surface area (Å²) < 4.78 is 0. The Kier molecular flexibility index (Phi) is 7.82. The number of rotatable bonds is 8. The highest BCUT2D eigenvalue weighted by Gasteiger charge is 2.10. The van der Waals surface area contributed by atoms with Gasteiger partial charge in [0.1, 0.15) is 0 Å². The van der Waals surface area contributed by atoms with E-state index in [1.54, 1.807) is 0 Å². The lowest BCUT2D eigenvalue weighted by Gasteiger charge is -2.26. The van der Waals surface area contributed by atoms with Crippen LogP contribution in [0.15, 0.2) is 48.5 Å². The fraction of sp³-hybridized carbons (Fsp3) is 0.417. The Balaban J connectivity index is 1.45. The summed E-state index contributed by atoms with van der Waals surface area (Å²) >= 11 is 0. The first-order valence-electron chi connectivity index (χ1n) is 10.6. The summed E-state index contributed by atoms with van der Waals surface area (Å²) in [7, 11) is 0. The lowest BCUT2D eigenvalue weighted by Crippen LogP contribution is -2.30. The van der Waals surface area contributed by atoms with Gasteiger partial charge in [-0.15, -0.1) is 0 Å². The molecule has 5 heteroatoms. The molecule has 1 fully saturated rings. The van der Waals surface area contributed by atoms with Crippen LogP contribution in [0.2, 0.25) is 0 Å². The average Bonchev–Trinajstić information content (AvgIpc) is 2.72. The Morgan fingerprint density at radius 3 is 2.34 bits per heavy atom. The van der Waals surface area contributed by atoms with Crippen molar-refractivity contribution < 1.29 is 9.59 Å². The number of benzene rings is 2. The molecule has 0 bridgehead atoms. The van der Waals surface area contributed by atoms with E-state index >= 15 is 0 Å². The largest absolute Gasteiger partial charge is 0.326 e. The minimum atomic E-state index is -0.0869. The molecule has 2 aromatic rings. The third-order valence-electron chi connectivity index (χ3n) is 5.26. The molecule has 0 spiro atoms. The van der Waals surface area contributed by atoms with Crippen LogP contribution in [0.25, 0.3) is 11.1 Å².